The van der Waals surface area contributed by atoms with Crippen LogP contribution >= 0.6 is 0 Å². The maximum atomic E-state index is 6.09. The summed E-state index contributed by atoms with van der Waals surface area (Å²) in [5.74, 6) is 1.70. The van der Waals surface area contributed by atoms with Gasteiger partial charge in [0.2, 0.25) is 0 Å². The molecule has 3 rings (SSSR count). The summed E-state index contributed by atoms with van der Waals surface area (Å²) in [5, 5.41) is 3.38. The smallest absolute Gasteiger partial charge is 0.161 e. The Morgan fingerprint density at radius 2 is 2.14 bits per heavy atom. The third kappa shape index (κ3) is 3.69. The van der Waals surface area contributed by atoms with Gasteiger partial charge in [0.05, 0.1) is 6.10 Å². The van der Waals surface area contributed by atoms with Crippen LogP contribution in [0.1, 0.15) is 32.1 Å². The molecule has 1 fully saturated rings. The van der Waals surface area contributed by atoms with E-state index in [1.807, 2.05) is 31.3 Å². The van der Waals surface area contributed by atoms with Crippen molar-refractivity contribution in [2.24, 2.45) is 0 Å². The maximum Gasteiger partial charge on any atom is 0.161 e. The van der Waals surface area contributed by atoms with Gasteiger partial charge in [0.15, 0.2) is 11.5 Å². The van der Waals surface area contributed by atoms with Crippen LogP contribution in [-0.4, -0.2) is 38.5 Å². The van der Waals surface area contributed by atoms with E-state index in [1.165, 1.54) is 12.8 Å². The summed E-state index contributed by atoms with van der Waals surface area (Å²) >= 11 is 0. The molecule has 0 spiro atoms. The quantitative estimate of drug-likeness (QED) is 0.875. The van der Waals surface area contributed by atoms with E-state index >= 15 is 0 Å². The van der Waals surface area contributed by atoms with Crippen molar-refractivity contribution in [3.63, 3.8) is 0 Å². The van der Waals surface area contributed by atoms with Crippen LogP contribution in [0.5, 0.6) is 11.5 Å². The van der Waals surface area contributed by atoms with Gasteiger partial charge in [-0.2, -0.15) is 0 Å². The van der Waals surface area contributed by atoms with E-state index in [1.54, 1.807) is 0 Å². The number of benzene rings is 1. The van der Waals surface area contributed by atoms with E-state index in [0.29, 0.717) is 18.8 Å². The van der Waals surface area contributed by atoms with Crippen LogP contribution in [0.25, 0.3) is 0 Å². The van der Waals surface area contributed by atoms with Gasteiger partial charge in [-0.25, -0.2) is 0 Å². The van der Waals surface area contributed by atoms with Crippen LogP contribution in [0.15, 0.2) is 24.3 Å². The molecule has 4 nitrogen and oxygen atoms in total. The first-order valence-corrected chi connectivity index (χ1v) is 8.04. The van der Waals surface area contributed by atoms with E-state index in [2.05, 4.69) is 5.32 Å². The highest BCUT2D eigenvalue weighted by Crippen LogP contribution is 2.32. The van der Waals surface area contributed by atoms with Crippen molar-refractivity contribution < 1.29 is 14.2 Å². The average molecular weight is 291 g/mol. The molecule has 3 atom stereocenters. The standard InChI is InChI=1S/C17H25NO3/c1-18-14(8-4-6-13-7-5-11-19-13)17-12-20-15-9-2-3-10-16(15)21-17/h2-3,9-10,13-14,17-18H,4-8,11-12H2,1H3. The predicted molar refractivity (Wildman–Crippen MR) is 82.0 cm³/mol. The molecule has 4 heteroatoms. The van der Waals surface area contributed by atoms with Gasteiger partial charge in [-0.3, -0.25) is 0 Å². The summed E-state index contributed by atoms with van der Waals surface area (Å²) in [6.07, 6.45) is 6.41. The van der Waals surface area contributed by atoms with Gasteiger partial charge in [-0.15, -0.1) is 0 Å². The van der Waals surface area contributed by atoms with Crippen LogP contribution in [0, 0.1) is 0 Å². The van der Waals surface area contributed by atoms with E-state index in [-0.39, 0.29) is 6.10 Å². The summed E-state index contributed by atoms with van der Waals surface area (Å²) in [7, 11) is 2.00. The Morgan fingerprint density at radius 1 is 1.29 bits per heavy atom. The van der Waals surface area contributed by atoms with E-state index in [4.69, 9.17) is 14.2 Å². The largest absolute Gasteiger partial charge is 0.486 e. The van der Waals surface area contributed by atoms with E-state index in [0.717, 1.165) is 37.4 Å². The van der Waals surface area contributed by atoms with Crippen molar-refractivity contribution in [1.29, 1.82) is 0 Å². The SMILES string of the molecule is CNC(CCCC1CCCO1)C1COc2ccccc2O1. The third-order valence-corrected chi connectivity index (χ3v) is 4.42. The normalized spacial score (nSPS) is 25.8. The van der Waals surface area contributed by atoms with Gasteiger partial charge in [-0.05, 0) is 51.3 Å². The topological polar surface area (TPSA) is 39.7 Å². The fraction of sp³-hybridized carbons (Fsp3) is 0.647. The zero-order valence-corrected chi connectivity index (χ0v) is 12.7. The lowest BCUT2D eigenvalue weighted by Gasteiger charge is -2.32. The third-order valence-electron chi connectivity index (χ3n) is 4.42. The molecule has 0 aliphatic carbocycles. The summed E-state index contributed by atoms with van der Waals surface area (Å²) < 4.78 is 17.6. The monoisotopic (exact) mass is 291 g/mol. The van der Waals surface area contributed by atoms with Crippen LogP contribution in [0.3, 0.4) is 0 Å². The van der Waals surface area contributed by atoms with Crippen molar-refractivity contribution in [2.45, 2.75) is 50.4 Å². The van der Waals surface area contributed by atoms with E-state index in [9.17, 15) is 0 Å². The lowest BCUT2D eigenvalue weighted by Crippen LogP contribution is -2.46. The molecule has 116 valence electrons. The molecule has 0 amide bonds. The molecule has 2 aliphatic heterocycles. The number of rotatable bonds is 6. The molecule has 2 aliphatic rings. The van der Waals surface area contributed by atoms with Gasteiger partial charge in [0.1, 0.15) is 12.7 Å². The van der Waals surface area contributed by atoms with Crippen LogP contribution in [0.4, 0.5) is 0 Å². The lowest BCUT2D eigenvalue weighted by atomic mass is 10.0. The average Bonchev–Trinajstić information content (AvgIpc) is 3.04. The Bertz CT molecular complexity index is 445. The van der Waals surface area contributed by atoms with Gasteiger partial charge >= 0.3 is 0 Å². The Labute approximate surface area is 126 Å². The molecule has 1 N–H and O–H groups in total. The van der Waals surface area contributed by atoms with Crippen molar-refractivity contribution in [3.8, 4) is 11.5 Å². The van der Waals surface area contributed by atoms with Crippen molar-refractivity contribution in [1.82, 2.24) is 5.32 Å². The first-order chi connectivity index (χ1) is 10.4. The molecule has 0 bridgehead atoms. The zero-order chi connectivity index (χ0) is 14.5. The zero-order valence-electron chi connectivity index (χ0n) is 12.7. The molecule has 1 aromatic rings. The second-order valence-corrected chi connectivity index (χ2v) is 5.88. The van der Waals surface area contributed by atoms with Crippen LogP contribution in [-0.2, 0) is 4.74 Å². The second-order valence-electron chi connectivity index (χ2n) is 5.88. The van der Waals surface area contributed by atoms with Crippen molar-refractivity contribution in [2.75, 3.05) is 20.3 Å². The van der Waals surface area contributed by atoms with Crippen LogP contribution in [0.2, 0.25) is 0 Å². The number of hydrogen-bond acceptors (Lipinski definition) is 4. The molecule has 1 saturated heterocycles. The Balaban J connectivity index is 1.49. The maximum absolute atomic E-state index is 6.09. The van der Waals surface area contributed by atoms with Crippen molar-refractivity contribution >= 4 is 0 Å². The highest BCUT2D eigenvalue weighted by molar-refractivity contribution is 5.40. The van der Waals surface area contributed by atoms with Crippen molar-refractivity contribution in [3.05, 3.63) is 24.3 Å². The summed E-state index contributed by atoms with van der Waals surface area (Å²) in [4.78, 5) is 0. The van der Waals surface area contributed by atoms with E-state index < -0.39 is 0 Å². The number of likely N-dealkylation sites (N-methyl/N-ethyl adjacent to an activating group) is 1. The fourth-order valence-corrected chi connectivity index (χ4v) is 3.19. The molecular formula is C17H25NO3. The molecule has 1 aromatic carbocycles. The van der Waals surface area contributed by atoms with Gasteiger partial charge in [-0.1, -0.05) is 12.1 Å². The highest BCUT2D eigenvalue weighted by atomic mass is 16.6. The van der Waals surface area contributed by atoms with Gasteiger partial charge in [0, 0.05) is 12.6 Å². The Kier molecular flexibility index (Phi) is 4.99. The Hall–Kier alpha value is -1.26. The fourth-order valence-electron chi connectivity index (χ4n) is 3.19. The summed E-state index contributed by atoms with van der Waals surface area (Å²) in [6, 6.07) is 8.20. The molecule has 3 unspecified atom stereocenters. The lowest BCUT2D eigenvalue weighted by molar-refractivity contribution is 0.0577. The summed E-state index contributed by atoms with van der Waals surface area (Å²) in [5.41, 5.74) is 0. The molecule has 0 saturated carbocycles. The first kappa shape index (κ1) is 14.7. The highest BCUT2D eigenvalue weighted by Gasteiger charge is 2.28. The molecule has 0 radical (unpaired) electrons. The number of hydrogen-bond donors (Lipinski definition) is 1. The number of fused-ring (bicyclic) bond motifs is 1. The minimum absolute atomic E-state index is 0.0781. The van der Waals surface area contributed by atoms with Gasteiger partial charge < -0.3 is 19.5 Å². The predicted octanol–water partition coefficient (Wildman–Crippen LogP) is 2.76. The minimum Gasteiger partial charge on any atom is -0.486 e. The van der Waals surface area contributed by atoms with Gasteiger partial charge in [0.25, 0.3) is 0 Å². The number of ether oxygens (including phenoxy) is 3. The molecule has 0 aromatic heterocycles. The Morgan fingerprint density at radius 3 is 2.90 bits per heavy atom. The second kappa shape index (κ2) is 7.14. The molecule has 2 heterocycles. The minimum atomic E-state index is 0.0781. The number of nitrogens with one attached hydrogen (secondary N) is 1. The van der Waals surface area contributed by atoms with Crippen LogP contribution < -0.4 is 14.8 Å². The first-order valence-electron chi connectivity index (χ1n) is 8.04. The number of para-hydroxylation sites is 2. The molecular weight excluding hydrogens is 266 g/mol. The molecule has 21 heavy (non-hydrogen) atoms. The summed E-state index contributed by atoms with van der Waals surface area (Å²) in [6.45, 7) is 1.55.